The van der Waals surface area contributed by atoms with Crippen molar-refractivity contribution in [2.24, 2.45) is 5.84 Å². The third-order valence-electron chi connectivity index (χ3n) is 2.76. The molecule has 0 atom stereocenters. The van der Waals surface area contributed by atoms with Crippen molar-refractivity contribution in [2.45, 2.75) is 6.54 Å². The van der Waals surface area contributed by atoms with Crippen LogP contribution in [0.5, 0.6) is 0 Å². The fourth-order valence-corrected chi connectivity index (χ4v) is 1.88. The molecule has 1 aromatic carbocycles. The Morgan fingerprint density at radius 1 is 1.32 bits per heavy atom. The Labute approximate surface area is 107 Å². The number of rotatable bonds is 3. The average Bonchev–Trinajstić information content (AvgIpc) is 2.85. The lowest BCUT2D eigenvalue weighted by atomic mass is 10.2. The first-order valence-corrected chi connectivity index (χ1v) is 5.62. The number of nitrogen functional groups attached to an aromatic ring is 1. The fourth-order valence-electron chi connectivity index (χ4n) is 1.88. The molecule has 8 nitrogen and oxygen atoms in total. The van der Waals surface area contributed by atoms with E-state index in [1.807, 2.05) is 30.3 Å². The third kappa shape index (κ3) is 1.93. The first-order chi connectivity index (χ1) is 9.29. The molecule has 0 amide bonds. The molecule has 3 aromatic rings. The Morgan fingerprint density at radius 2 is 2.11 bits per heavy atom. The van der Waals surface area contributed by atoms with Crippen LogP contribution >= 0.6 is 0 Å². The average molecular weight is 257 g/mol. The fraction of sp³-hybridized carbons (Fsp3) is 0.0909. The highest BCUT2D eigenvalue weighted by Gasteiger charge is 2.13. The van der Waals surface area contributed by atoms with Gasteiger partial charge in [0.15, 0.2) is 16.9 Å². The summed E-state index contributed by atoms with van der Waals surface area (Å²) in [6.45, 7) is 0.453. The lowest BCUT2D eigenvalue weighted by molar-refractivity contribution is 0.667. The quantitative estimate of drug-likeness (QED) is 0.444. The van der Waals surface area contributed by atoms with Gasteiger partial charge in [0.05, 0.1) is 6.54 Å². The van der Waals surface area contributed by atoms with Crippen LogP contribution in [0.2, 0.25) is 0 Å². The zero-order chi connectivity index (χ0) is 13.2. The molecule has 0 saturated carbocycles. The van der Waals surface area contributed by atoms with Gasteiger partial charge in [0, 0.05) is 0 Å². The number of aromatic nitrogens is 5. The van der Waals surface area contributed by atoms with E-state index in [0.29, 0.717) is 17.6 Å². The minimum absolute atomic E-state index is 0.286. The van der Waals surface area contributed by atoms with Crippen molar-refractivity contribution in [1.29, 1.82) is 0 Å². The summed E-state index contributed by atoms with van der Waals surface area (Å²) in [7, 11) is 0. The van der Waals surface area contributed by atoms with E-state index in [-0.39, 0.29) is 11.4 Å². The van der Waals surface area contributed by atoms with Gasteiger partial charge in [-0.3, -0.25) is 4.79 Å². The second-order valence-corrected chi connectivity index (χ2v) is 3.98. The van der Waals surface area contributed by atoms with Crippen LogP contribution in [0.4, 0.5) is 5.82 Å². The van der Waals surface area contributed by atoms with Gasteiger partial charge >= 0.3 is 0 Å². The second kappa shape index (κ2) is 4.50. The van der Waals surface area contributed by atoms with Crippen molar-refractivity contribution < 1.29 is 0 Å². The number of hydrazine groups is 1. The minimum atomic E-state index is -0.352. The van der Waals surface area contributed by atoms with Crippen LogP contribution in [0.15, 0.2) is 35.1 Å². The van der Waals surface area contributed by atoms with Gasteiger partial charge in [-0.05, 0) is 5.56 Å². The van der Waals surface area contributed by atoms with E-state index in [4.69, 9.17) is 5.84 Å². The molecular formula is C11H11N7O. The van der Waals surface area contributed by atoms with Crippen LogP contribution in [0.3, 0.4) is 0 Å². The molecule has 0 unspecified atom stereocenters. The van der Waals surface area contributed by atoms with Gasteiger partial charge in [0.25, 0.3) is 5.56 Å². The normalized spacial score (nSPS) is 10.8. The van der Waals surface area contributed by atoms with E-state index < -0.39 is 0 Å². The predicted molar refractivity (Wildman–Crippen MR) is 69.3 cm³/mol. The van der Waals surface area contributed by atoms with Crippen LogP contribution in [-0.4, -0.2) is 25.2 Å². The summed E-state index contributed by atoms with van der Waals surface area (Å²) in [6, 6.07) is 9.67. The first kappa shape index (κ1) is 11.4. The van der Waals surface area contributed by atoms with Gasteiger partial charge in [-0.15, -0.1) is 5.10 Å². The molecule has 4 N–H and O–H groups in total. The molecular weight excluding hydrogens is 246 g/mol. The van der Waals surface area contributed by atoms with Crippen LogP contribution < -0.4 is 16.8 Å². The number of hydrogen-bond acceptors (Lipinski definition) is 6. The molecule has 3 rings (SSSR count). The number of fused-ring (bicyclic) bond motifs is 1. The highest BCUT2D eigenvalue weighted by Crippen LogP contribution is 2.13. The molecule has 0 bridgehead atoms. The van der Waals surface area contributed by atoms with Crippen molar-refractivity contribution in [3.05, 3.63) is 46.2 Å². The van der Waals surface area contributed by atoms with E-state index in [0.717, 1.165) is 5.56 Å². The largest absolute Gasteiger partial charge is 0.305 e. The number of nitrogens with one attached hydrogen (secondary N) is 2. The number of aromatic amines is 1. The van der Waals surface area contributed by atoms with Gasteiger partial charge in [0.1, 0.15) is 0 Å². The number of nitrogens with two attached hydrogens (primary N) is 1. The van der Waals surface area contributed by atoms with E-state index >= 15 is 0 Å². The molecule has 0 aliphatic rings. The molecule has 0 aliphatic carbocycles. The first-order valence-electron chi connectivity index (χ1n) is 5.62. The third-order valence-corrected chi connectivity index (χ3v) is 2.76. The summed E-state index contributed by atoms with van der Waals surface area (Å²) in [5.74, 6) is 5.60. The number of H-pyrrole nitrogens is 1. The maximum absolute atomic E-state index is 11.8. The molecule has 8 heteroatoms. The van der Waals surface area contributed by atoms with Crippen LogP contribution in [0, 0.1) is 0 Å². The standard InChI is InChI=1S/C11H11N7O/c12-13-10-8-9(11(19)16-15-10)18(17-14-8)6-7-4-2-1-3-5-7/h1-5H,6,12H2,(H,13,15)(H,16,19). The van der Waals surface area contributed by atoms with E-state index in [2.05, 4.69) is 25.9 Å². The summed E-state index contributed by atoms with van der Waals surface area (Å²) in [4.78, 5) is 11.8. The van der Waals surface area contributed by atoms with Crippen molar-refractivity contribution in [3.8, 4) is 0 Å². The highest BCUT2D eigenvalue weighted by molar-refractivity contribution is 5.83. The topological polar surface area (TPSA) is 115 Å². The molecule has 0 aliphatic heterocycles. The van der Waals surface area contributed by atoms with Crippen LogP contribution in [-0.2, 0) is 6.54 Å². The van der Waals surface area contributed by atoms with Gasteiger partial charge in [-0.2, -0.15) is 5.10 Å². The zero-order valence-corrected chi connectivity index (χ0v) is 9.87. The minimum Gasteiger partial charge on any atom is -0.305 e. The predicted octanol–water partition coefficient (Wildman–Crippen LogP) is -0.151. The van der Waals surface area contributed by atoms with Gasteiger partial charge < -0.3 is 5.43 Å². The summed E-state index contributed by atoms with van der Waals surface area (Å²) >= 11 is 0. The molecule has 0 fully saturated rings. The van der Waals surface area contributed by atoms with Crippen LogP contribution in [0.1, 0.15) is 5.56 Å². The smallest absolute Gasteiger partial charge is 0.292 e. The maximum Gasteiger partial charge on any atom is 0.292 e. The van der Waals surface area contributed by atoms with E-state index in [1.165, 1.54) is 4.68 Å². The Bertz CT molecular complexity index is 762. The SMILES string of the molecule is NNc1n[nH]c(=O)c2c1nnn2Cc1ccccc1. The molecule has 0 spiro atoms. The second-order valence-electron chi connectivity index (χ2n) is 3.98. The molecule has 0 saturated heterocycles. The molecule has 2 heterocycles. The van der Waals surface area contributed by atoms with Crippen molar-refractivity contribution >= 4 is 16.9 Å². The number of hydrogen-bond donors (Lipinski definition) is 3. The van der Waals surface area contributed by atoms with Crippen LogP contribution in [0.25, 0.3) is 11.0 Å². The molecule has 19 heavy (non-hydrogen) atoms. The Hall–Kier alpha value is -2.74. The summed E-state index contributed by atoms with van der Waals surface area (Å²) < 4.78 is 1.52. The monoisotopic (exact) mass is 257 g/mol. The highest BCUT2D eigenvalue weighted by atomic mass is 16.1. The van der Waals surface area contributed by atoms with Gasteiger partial charge in [-0.25, -0.2) is 15.6 Å². The summed E-state index contributed by atoms with van der Waals surface area (Å²) in [5, 5.41) is 14.0. The summed E-state index contributed by atoms with van der Waals surface area (Å²) in [5.41, 5.74) is 3.74. The Morgan fingerprint density at radius 3 is 2.84 bits per heavy atom. The van der Waals surface area contributed by atoms with Crippen molar-refractivity contribution in [3.63, 3.8) is 0 Å². The van der Waals surface area contributed by atoms with E-state index in [9.17, 15) is 4.79 Å². The number of anilines is 1. The Balaban J connectivity index is 2.13. The number of benzene rings is 1. The van der Waals surface area contributed by atoms with Gasteiger partial charge in [-0.1, -0.05) is 35.5 Å². The summed E-state index contributed by atoms with van der Waals surface area (Å²) in [6.07, 6.45) is 0. The lowest BCUT2D eigenvalue weighted by Gasteiger charge is -2.02. The van der Waals surface area contributed by atoms with Crippen molar-refractivity contribution in [2.75, 3.05) is 5.43 Å². The lowest BCUT2D eigenvalue weighted by Crippen LogP contribution is -2.17. The van der Waals surface area contributed by atoms with Crippen molar-refractivity contribution in [1.82, 2.24) is 25.2 Å². The Kier molecular flexibility index (Phi) is 2.69. The van der Waals surface area contributed by atoms with E-state index in [1.54, 1.807) is 0 Å². The number of nitrogens with zero attached hydrogens (tertiary/aromatic N) is 4. The molecule has 0 radical (unpaired) electrons. The van der Waals surface area contributed by atoms with Gasteiger partial charge in [0.2, 0.25) is 0 Å². The molecule has 96 valence electrons. The maximum atomic E-state index is 11.8. The zero-order valence-electron chi connectivity index (χ0n) is 9.87. The molecule has 2 aromatic heterocycles.